The third-order valence-electron chi connectivity index (χ3n) is 3.52. The van der Waals surface area contributed by atoms with E-state index >= 15 is 0 Å². The van der Waals surface area contributed by atoms with E-state index in [0.29, 0.717) is 23.1 Å². The Kier molecular flexibility index (Phi) is 4.68. The smallest absolute Gasteiger partial charge is 0.238 e. The number of carbonyl (C=O) groups is 1. The fourth-order valence-electron chi connectivity index (χ4n) is 2.53. The molecule has 0 aromatic heterocycles. The lowest BCUT2D eigenvalue weighted by atomic mass is 10.1. The Morgan fingerprint density at radius 3 is 2.91 bits per heavy atom. The number of amides is 1. The summed E-state index contributed by atoms with van der Waals surface area (Å²) < 4.78 is 5.44. The third-order valence-corrected chi connectivity index (χ3v) is 4.97. The number of halogens is 1. The van der Waals surface area contributed by atoms with Crippen LogP contribution < -0.4 is 9.64 Å². The van der Waals surface area contributed by atoms with Gasteiger partial charge >= 0.3 is 0 Å². The fraction of sp³-hybridized carbons (Fsp3) is 0.235. The fourth-order valence-corrected chi connectivity index (χ4v) is 3.88. The van der Waals surface area contributed by atoms with Crippen LogP contribution in [-0.4, -0.2) is 23.4 Å². The van der Waals surface area contributed by atoms with E-state index in [1.807, 2.05) is 25.1 Å². The monoisotopic (exact) mass is 349 g/mol. The molecule has 0 spiro atoms. The zero-order valence-corrected chi connectivity index (χ0v) is 14.1. The number of phenolic OH excluding ortho intramolecular Hbond substituents is 1. The number of anilines is 1. The van der Waals surface area contributed by atoms with Crippen LogP contribution in [0.5, 0.6) is 11.5 Å². The predicted octanol–water partition coefficient (Wildman–Crippen LogP) is 4.22. The number of nitrogens with zero attached hydrogens (tertiary/aromatic N) is 1. The summed E-state index contributed by atoms with van der Waals surface area (Å²) in [6, 6.07) is 12.4. The van der Waals surface area contributed by atoms with Crippen molar-refractivity contribution in [3.8, 4) is 11.5 Å². The Morgan fingerprint density at radius 1 is 1.35 bits per heavy atom. The molecule has 1 unspecified atom stereocenters. The first kappa shape index (κ1) is 16.0. The summed E-state index contributed by atoms with van der Waals surface area (Å²) in [5.74, 6) is 0.964. The minimum atomic E-state index is -0.166. The quantitative estimate of drug-likeness (QED) is 0.897. The molecule has 4 nitrogen and oxygen atoms in total. The van der Waals surface area contributed by atoms with E-state index in [9.17, 15) is 9.90 Å². The maximum absolute atomic E-state index is 12.3. The molecule has 1 N–H and O–H groups in total. The Balaban J connectivity index is 1.98. The highest BCUT2D eigenvalue weighted by Gasteiger charge is 2.34. The molecule has 0 aliphatic carbocycles. The lowest BCUT2D eigenvalue weighted by Crippen LogP contribution is -2.27. The Morgan fingerprint density at radius 2 is 2.17 bits per heavy atom. The second kappa shape index (κ2) is 6.72. The number of aromatic hydroxyl groups is 1. The minimum Gasteiger partial charge on any atom is -0.504 e. The van der Waals surface area contributed by atoms with Gasteiger partial charge in [-0.25, -0.2) is 0 Å². The van der Waals surface area contributed by atoms with Crippen molar-refractivity contribution in [3.05, 3.63) is 53.1 Å². The summed E-state index contributed by atoms with van der Waals surface area (Å²) in [6.45, 7) is 2.32. The molecule has 0 radical (unpaired) electrons. The summed E-state index contributed by atoms with van der Waals surface area (Å²) in [6.07, 6.45) is 0. The standard InChI is InChI=1S/C17H16ClNO3S/c1-2-22-15-8-11(6-7-14(15)20)17-19(16(21)10-23-17)13-5-3-4-12(18)9-13/h3-9,17,20H,2,10H2,1H3. The molecule has 0 saturated carbocycles. The van der Waals surface area contributed by atoms with Crippen molar-refractivity contribution in [2.24, 2.45) is 0 Å². The number of ether oxygens (including phenoxy) is 1. The molecule has 120 valence electrons. The maximum Gasteiger partial charge on any atom is 0.238 e. The van der Waals surface area contributed by atoms with Gasteiger partial charge in [0.2, 0.25) is 5.91 Å². The second-order valence-corrected chi connectivity index (χ2v) is 6.57. The van der Waals surface area contributed by atoms with Crippen LogP contribution in [-0.2, 0) is 4.79 Å². The molecule has 23 heavy (non-hydrogen) atoms. The third kappa shape index (κ3) is 3.26. The summed E-state index contributed by atoms with van der Waals surface area (Å²) >= 11 is 7.60. The van der Waals surface area contributed by atoms with E-state index in [4.69, 9.17) is 16.3 Å². The van der Waals surface area contributed by atoms with Crippen molar-refractivity contribution >= 4 is 35.0 Å². The number of carbonyl (C=O) groups excluding carboxylic acids is 1. The van der Waals surface area contributed by atoms with Crippen molar-refractivity contribution in [2.45, 2.75) is 12.3 Å². The number of hydrogen-bond donors (Lipinski definition) is 1. The molecule has 2 aromatic carbocycles. The lowest BCUT2D eigenvalue weighted by Gasteiger charge is -2.25. The van der Waals surface area contributed by atoms with Gasteiger partial charge in [-0.2, -0.15) is 0 Å². The molecular formula is C17H16ClNO3S. The van der Waals surface area contributed by atoms with Crippen molar-refractivity contribution < 1.29 is 14.6 Å². The van der Waals surface area contributed by atoms with Gasteiger partial charge in [-0.3, -0.25) is 9.69 Å². The van der Waals surface area contributed by atoms with Crippen LogP contribution in [0, 0.1) is 0 Å². The van der Waals surface area contributed by atoms with Gasteiger partial charge in [-0.05, 0) is 42.8 Å². The van der Waals surface area contributed by atoms with Crippen LogP contribution in [0.15, 0.2) is 42.5 Å². The molecule has 6 heteroatoms. The van der Waals surface area contributed by atoms with Crippen LogP contribution in [0.25, 0.3) is 0 Å². The van der Waals surface area contributed by atoms with Crippen LogP contribution in [0.3, 0.4) is 0 Å². The second-order valence-electron chi connectivity index (χ2n) is 5.07. The highest BCUT2D eigenvalue weighted by molar-refractivity contribution is 8.00. The number of rotatable bonds is 4. The van der Waals surface area contributed by atoms with Gasteiger partial charge in [0.1, 0.15) is 5.37 Å². The van der Waals surface area contributed by atoms with Gasteiger partial charge in [0, 0.05) is 10.7 Å². The number of benzene rings is 2. The average Bonchev–Trinajstić information content (AvgIpc) is 2.91. The molecular weight excluding hydrogens is 334 g/mol. The number of phenols is 1. The van der Waals surface area contributed by atoms with Gasteiger partial charge in [-0.1, -0.05) is 23.7 Å². The summed E-state index contributed by atoms with van der Waals surface area (Å²) in [7, 11) is 0. The van der Waals surface area contributed by atoms with Crippen LogP contribution in [0.4, 0.5) is 5.69 Å². The summed E-state index contributed by atoms with van der Waals surface area (Å²) in [5, 5.41) is 10.3. The first-order chi connectivity index (χ1) is 11.1. The first-order valence-corrected chi connectivity index (χ1v) is 8.67. The predicted molar refractivity (Wildman–Crippen MR) is 93.4 cm³/mol. The first-order valence-electron chi connectivity index (χ1n) is 7.25. The minimum absolute atomic E-state index is 0.0355. The Labute approximate surface area is 144 Å². The van der Waals surface area contributed by atoms with Crippen LogP contribution in [0.2, 0.25) is 5.02 Å². The molecule has 3 rings (SSSR count). The summed E-state index contributed by atoms with van der Waals surface area (Å²) in [5.41, 5.74) is 1.67. The maximum atomic E-state index is 12.3. The normalized spacial score (nSPS) is 17.6. The van der Waals surface area contributed by atoms with E-state index in [2.05, 4.69) is 0 Å². The Hall–Kier alpha value is -1.85. The molecule has 1 fully saturated rings. The van der Waals surface area contributed by atoms with E-state index in [1.54, 1.807) is 40.9 Å². The summed E-state index contributed by atoms with van der Waals surface area (Å²) in [4.78, 5) is 14.1. The molecule has 1 saturated heterocycles. The largest absolute Gasteiger partial charge is 0.504 e. The lowest BCUT2D eigenvalue weighted by molar-refractivity contribution is -0.115. The van der Waals surface area contributed by atoms with Crippen molar-refractivity contribution in [2.75, 3.05) is 17.3 Å². The van der Waals surface area contributed by atoms with Crippen LogP contribution >= 0.6 is 23.4 Å². The van der Waals surface area contributed by atoms with Gasteiger partial charge < -0.3 is 9.84 Å². The molecule has 0 bridgehead atoms. The van der Waals surface area contributed by atoms with Crippen molar-refractivity contribution in [1.29, 1.82) is 0 Å². The molecule has 1 aliphatic heterocycles. The van der Waals surface area contributed by atoms with Crippen LogP contribution in [0.1, 0.15) is 17.9 Å². The molecule has 1 heterocycles. The average molecular weight is 350 g/mol. The number of thioether (sulfide) groups is 1. The molecule has 2 aromatic rings. The number of hydrogen-bond acceptors (Lipinski definition) is 4. The zero-order valence-electron chi connectivity index (χ0n) is 12.5. The SMILES string of the molecule is CCOc1cc(C2SCC(=O)N2c2cccc(Cl)c2)ccc1O. The van der Waals surface area contributed by atoms with E-state index in [0.717, 1.165) is 11.3 Å². The van der Waals surface area contributed by atoms with E-state index < -0.39 is 0 Å². The van der Waals surface area contributed by atoms with Gasteiger partial charge in [0.25, 0.3) is 0 Å². The highest BCUT2D eigenvalue weighted by atomic mass is 35.5. The van der Waals surface area contributed by atoms with Gasteiger partial charge in [0.05, 0.1) is 12.4 Å². The van der Waals surface area contributed by atoms with Crippen molar-refractivity contribution in [1.82, 2.24) is 0 Å². The van der Waals surface area contributed by atoms with Gasteiger partial charge in [-0.15, -0.1) is 11.8 Å². The molecule has 1 atom stereocenters. The van der Waals surface area contributed by atoms with Gasteiger partial charge in [0.15, 0.2) is 11.5 Å². The topological polar surface area (TPSA) is 49.8 Å². The highest BCUT2D eigenvalue weighted by Crippen LogP contribution is 2.44. The molecule has 1 amide bonds. The zero-order chi connectivity index (χ0) is 16.4. The van der Waals surface area contributed by atoms with E-state index in [1.165, 1.54) is 0 Å². The van der Waals surface area contributed by atoms with E-state index in [-0.39, 0.29) is 17.0 Å². The Bertz CT molecular complexity index is 738. The van der Waals surface area contributed by atoms with Crippen molar-refractivity contribution in [3.63, 3.8) is 0 Å². The molecule has 1 aliphatic rings.